The summed E-state index contributed by atoms with van der Waals surface area (Å²) in [5.74, 6) is 1.49. The van der Waals surface area contributed by atoms with E-state index in [1.807, 2.05) is 54.3 Å². The Bertz CT molecular complexity index is 648. The zero-order valence-electron chi connectivity index (χ0n) is 12.4. The van der Waals surface area contributed by atoms with E-state index >= 15 is 0 Å². The molecule has 1 aromatic heterocycles. The van der Waals surface area contributed by atoms with Crippen LogP contribution >= 0.6 is 11.8 Å². The fraction of sp³-hybridized carbons (Fsp3) is 0.294. The number of para-hydroxylation sites is 1. The predicted molar refractivity (Wildman–Crippen MR) is 87.6 cm³/mol. The molecule has 1 aliphatic rings. The summed E-state index contributed by atoms with van der Waals surface area (Å²) in [4.78, 5) is 18.5. The van der Waals surface area contributed by atoms with Crippen molar-refractivity contribution in [2.75, 3.05) is 12.4 Å². The second kappa shape index (κ2) is 6.83. The predicted octanol–water partition coefficient (Wildman–Crippen LogP) is 3.25. The molecule has 0 radical (unpaired) electrons. The van der Waals surface area contributed by atoms with E-state index in [2.05, 4.69) is 4.98 Å². The molecule has 0 aliphatic carbocycles. The maximum Gasteiger partial charge on any atom is 0.234 e. The molecule has 1 saturated heterocycles. The van der Waals surface area contributed by atoms with Crippen molar-refractivity contribution in [3.8, 4) is 5.75 Å². The summed E-state index contributed by atoms with van der Waals surface area (Å²) in [5, 5.41) is -0.0164. The van der Waals surface area contributed by atoms with Crippen LogP contribution in [0, 0.1) is 0 Å². The Hall–Kier alpha value is -2.01. The van der Waals surface area contributed by atoms with E-state index in [1.165, 1.54) is 0 Å². The summed E-state index contributed by atoms with van der Waals surface area (Å²) >= 11 is 1.64. The number of nitrogens with zero attached hydrogens (tertiary/aromatic N) is 2. The van der Waals surface area contributed by atoms with Gasteiger partial charge >= 0.3 is 0 Å². The molecule has 4 nitrogen and oxygen atoms in total. The van der Waals surface area contributed by atoms with Crippen LogP contribution in [0.4, 0.5) is 0 Å². The monoisotopic (exact) mass is 314 g/mol. The molecule has 2 aromatic rings. The number of thioether (sulfide) groups is 1. The van der Waals surface area contributed by atoms with Gasteiger partial charge in [-0.15, -0.1) is 11.8 Å². The Morgan fingerprint density at radius 2 is 2.09 bits per heavy atom. The van der Waals surface area contributed by atoms with E-state index in [9.17, 15) is 4.79 Å². The molecule has 1 fully saturated rings. The van der Waals surface area contributed by atoms with Gasteiger partial charge in [-0.3, -0.25) is 9.78 Å². The standard InChI is InChI=1S/C17H18N2O2S/c1-2-21-15-9-4-3-8-14(15)17-19(16(20)12-22-17)11-13-7-5-6-10-18-13/h3-10,17H,2,11-12H2,1H3. The Balaban J connectivity index is 1.87. The SMILES string of the molecule is CCOc1ccccc1C1SCC(=O)N1Cc1ccccn1. The molecule has 3 rings (SSSR count). The Morgan fingerprint density at radius 1 is 1.27 bits per heavy atom. The average molecular weight is 314 g/mol. The quantitative estimate of drug-likeness (QED) is 0.849. The summed E-state index contributed by atoms with van der Waals surface area (Å²) in [6, 6.07) is 13.7. The normalized spacial score (nSPS) is 17.8. The number of benzene rings is 1. The molecule has 0 saturated carbocycles. The van der Waals surface area contributed by atoms with Gasteiger partial charge in [-0.05, 0) is 25.1 Å². The maximum atomic E-state index is 12.3. The van der Waals surface area contributed by atoms with Gasteiger partial charge in [0.2, 0.25) is 5.91 Å². The van der Waals surface area contributed by atoms with Gasteiger partial charge < -0.3 is 9.64 Å². The van der Waals surface area contributed by atoms with E-state index in [1.54, 1.807) is 18.0 Å². The first kappa shape index (κ1) is 14.9. The number of hydrogen-bond acceptors (Lipinski definition) is 4. The van der Waals surface area contributed by atoms with Crippen molar-refractivity contribution in [3.63, 3.8) is 0 Å². The molecule has 1 amide bonds. The van der Waals surface area contributed by atoms with E-state index in [0.29, 0.717) is 18.9 Å². The number of hydrogen-bond donors (Lipinski definition) is 0. The Morgan fingerprint density at radius 3 is 2.86 bits per heavy atom. The molecular weight excluding hydrogens is 296 g/mol. The second-order valence-electron chi connectivity index (χ2n) is 4.98. The van der Waals surface area contributed by atoms with Crippen molar-refractivity contribution in [2.24, 2.45) is 0 Å². The molecule has 1 atom stereocenters. The smallest absolute Gasteiger partial charge is 0.234 e. The molecule has 0 spiro atoms. The zero-order valence-corrected chi connectivity index (χ0v) is 13.3. The first-order valence-electron chi connectivity index (χ1n) is 7.32. The molecule has 2 heterocycles. The second-order valence-corrected chi connectivity index (χ2v) is 6.05. The maximum absolute atomic E-state index is 12.3. The van der Waals surface area contributed by atoms with Crippen LogP contribution in [-0.4, -0.2) is 28.2 Å². The number of rotatable bonds is 5. The van der Waals surface area contributed by atoms with Crippen LogP contribution in [0.5, 0.6) is 5.75 Å². The average Bonchev–Trinajstić information content (AvgIpc) is 2.90. The minimum atomic E-state index is -0.0164. The van der Waals surface area contributed by atoms with Gasteiger partial charge in [-0.1, -0.05) is 24.3 Å². The van der Waals surface area contributed by atoms with Gasteiger partial charge in [-0.2, -0.15) is 0 Å². The molecule has 1 aromatic carbocycles. The topological polar surface area (TPSA) is 42.4 Å². The first-order chi connectivity index (χ1) is 10.8. The highest BCUT2D eigenvalue weighted by atomic mass is 32.2. The fourth-order valence-electron chi connectivity index (χ4n) is 2.52. The molecule has 5 heteroatoms. The third-order valence-corrected chi connectivity index (χ3v) is 4.75. The van der Waals surface area contributed by atoms with Crippen LogP contribution < -0.4 is 4.74 Å². The van der Waals surface area contributed by atoms with Crippen molar-refractivity contribution in [2.45, 2.75) is 18.8 Å². The Labute approximate surface area is 134 Å². The number of carbonyl (C=O) groups excluding carboxylic acids is 1. The van der Waals surface area contributed by atoms with Crippen LogP contribution in [0.1, 0.15) is 23.6 Å². The van der Waals surface area contributed by atoms with E-state index in [4.69, 9.17) is 4.74 Å². The number of carbonyl (C=O) groups is 1. The highest BCUT2D eigenvalue weighted by Crippen LogP contribution is 2.42. The van der Waals surface area contributed by atoms with Gasteiger partial charge in [0.1, 0.15) is 11.1 Å². The van der Waals surface area contributed by atoms with Crippen LogP contribution in [0.2, 0.25) is 0 Å². The van der Waals surface area contributed by atoms with Gasteiger partial charge in [0.25, 0.3) is 0 Å². The molecule has 0 bridgehead atoms. The highest BCUT2D eigenvalue weighted by Gasteiger charge is 2.34. The van der Waals surface area contributed by atoms with Crippen LogP contribution in [0.25, 0.3) is 0 Å². The summed E-state index contributed by atoms with van der Waals surface area (Å²) in [6.45, 7) is 3.11. The highest BCUT2D eigenvalue weighted by molar-refractivity contribution is 8.00. The van der Waals surface area contributed by atoms with E-state index in [-0.39, 0.29) is 11.3 Å². The van der Waals surface area contributed by atoms with Crippen LogP contribution in [0.3, 0.4) is 0 Å². The fourth-order valence-corrected chi connectivity index (χ4v) is 3.73. The lowest BCUT2D eigenvalue weighted by Crippen LogP contribution is -2.28. The Kier molecular flexibility index (Phi) is 4.63. The molecule has 1 unspecified atom stereocenters. The van der Waals surface area contributed by atoms with Gasteiger partial charge in [0.05, 0.1) is 24.6 Å². The molecular formula is C17H18N2O2S. The lowest BCUT2D eigenvalue weighted by molar-refractivity contribution is -0.128. The summed E-state index contributed by atoms with van der Waals surface area (Å²) in [6.07, 6.45) is 1.76. The number of ether oxygens (including phenoxy) is 1. The van der Waals surface area contributed by atoms with E-state index < -0.39 is 0 Å². The lowest BCUT2D eigenvalue weighted by atomic mass is 10.1. The number of pyridine rings is 1. The van der Waals surface area contributed by atoms with Gasteiger partial charge in [-0.25, -0.2) is 0 Å². The summed E-state index contributed by atoms with van der Waals surface area (Å²) in [7, 11) is 0. The van der Waals surface area contributed by atoms with Crippen molar-refractivity contribution in [3.05, 3.63) is 59.9 Å². The summed E-state index contributed by atoms with van der Waals surface area (Å²) in [5.41, 5.74) is 1.95. The van der Waals surface area contributed by atoms with Crippen molar-refractivity contribution in [1.82, 2.24) is 9.88 Å². The lowest BCUT2D eigenvalue weighted by Gasteiger charge is -2.25. The minimum Gasteiger partial charge on any atom is -0.493 e. The van der Waals surface area contributed by atoms with Crippen molar-refractivity contribution in [1.29, 1.82) is 0 Å². The van der Waals surface area contributed by atoms with Gasteiger partial charge in [0, 0.05) is 11.8 Å². The molecule has 114 valence electrons. The third-order valence-electron chi connectivity index (χ3n) is 3.51. The molecule has 1 aliphatic heterocycles. The van der Waals surface area contributed by atoms with Crippen molar-refractivity contribution >= 4 is 17.7 Å². The number of aromatic nitrogens is 1. The molecule has 22 heavy (non-hydrogen) atoms. The number of amides is 1. The third kappa shape index (κ3) is 3.09. The zero-order chi connectivity index (χ0) is 15.4. The minimum absolute atomic E-state index is 0.0164. The first-order valence-corrected chi connectivity index (χ1v) is 8.37. The largest absolute Gasteiger partial charge is 0.493 e. The van der Waals surface area contributed by atoms with Gasteiger partial charge in [0.15, 0.2) is 0 Å². The van der Waals surface area contributed by atoms with Crippen LogP contribution in [-0.2, 0) is 11.3 Å². The van der Waals surface area contributed by atoms with Crippen molar-refractivity contribution < 1.29 is 9.53 Å². The van der Waals surface area contributed by atoms with Crippen LogP contribution in [0.15, 0.2) is 48.7 Å². The summed E-state index contributed by atoms with van der Waals surface area (Å²) < 4.78 is 5.72. The molecule has 0 N–H and O–H groups in total. The van der Waals surface area contributed by atoms with E-state index in [0.717, 1.165) is 17.0 Å².